The number of rotatable bonds is 0. The lowest BCUT2D eigenvalue weighted by Gasteiger charge is -2.32. The predicted molar refractivity (Wildman–Crippen MR) is 42.5 cm³/mol. The molecule has 0 aromatic heterocycles. The van der Waals surface area contributed by atoms with Gasteiger partial charge in [0.2, 0.25) is 0 Å². The standard InChI is InChI=1S/C6H10F2N2S/c7-6(8)2-1-3-10(4-6)5(9)11/h1-4H2,(H2,9,11). The predicted octanol–water partition coefficient (Wildman–Crippen LogP) is 0.961. The van der Waals surface area contributed by atoms with Crippen LogP contribution in [0.25, 0.3) is 0 Å². The fourth-order valence-corrected chi connectivity index (χ4v) is 1.31. The molecule has 2 nitrogen and oxygen atoms in total. The Balaban J connectivity index is 2.53. The summed E-state index contributed by atoms with van der Waals surface area (Å²) in [5.41, 5.74) is 5.21. The number of hydrogen-bond donors (Lipinski definition) is 1. The van der Waals surface area contributed by atoms with Gasteiger partial charge in [-0.05, 0) is 18.6 Å². The molecule has 2 N–H and O–H groups in total. The summed E-state index contributed by atoms with van der Waals surface area (Å²) in [5.74, 6) is -2.61. The summed E-state index contributed by atoms with van der Waals surface area (Å²) in [5, 5.41) is 0.0735. The van der Waals surface area contributed by atoms with Gasteiger partial charge < -0.3 is 10.6 Å². The Hall–Kier alpha value is -0.450. The molecule has 0 unspecified atom stereocenters. The summed E-state index contributed by atoms with van der Waals surface area (Å²) in [6.45, 7) is 0.243. The van der Waals surface area contributed by atoms with Gasteiger partial charge in [0, 0.05) is 13.0 Å². The second-order valence-electron chi connectivity index (χ2n) is 2.72. The van der Waals surface area contributed by atoms with Gasteiger partial charge in [-0.2, -0.15) is 0 Å². The summed E-state index contributed by atoms with van der Waals surface area (Å²) in [6, 6.07) is 0. The van der Waals surface area contributed by atoms with Gasteiger partial charge in [0.15, 0.2) is 5.11 Å². The van der Waals surface area contributed by atoms with E-state index in [9.17, 15) is 8.78 Å². The van der Waals surface area contributed by atoms with Crippen LogP contribution in [-0.2, 0) is 0 Å². The topological polar surface area (TPSA) is 29.3 Å². The Morgan fingerprint density at radius 2 is 2.18 bits per heavy atom. The molecule has 64 valence electrons. The van der Waals surface area contributed by atoms with Crippen molar-refractivity contribution in [3.8, 4) is 0 Å². The van der Waals surface area contributed by atoms with Crippen molar-refractivity contribution < 1.29 is 8.78 Å². The van der Waals surface area contributed by atoms with E-state index in [-0.39, 0.29) is 18.1 Å². The minimum Gasteiger partial charge on any atom is -0.376 e. The molecule has 0 amide bonds. The molecule has 0 radical (unpaired) electrons. The van der Waals surface area contributed by atoms with Gasteiger partial charge in [-0.25, -0.2) is 8.78 Å². The number of thiocarbonyl (C=S) groups is 1. The average Bonchev–Trinajstić information content (AvgIpc) is 1.85. The van der Waals surface area contributed by atoms with Crippen molar-refractivity contribution in [2.45, 2.75) is 18.8 Å². The molecule has 0 aromatic carbocycles. The van der Waals surface area contributed by atoms with Crippen LogP contribution in [0.2, 0.25) is 0 Å². The van der Waals surface area contributed by atoms with Crippen LogP contribution in [0.1, 0.15) is 12.8 Å². The monoisotopic (exact) mass is 180 g/mol. The van der Waals surface area contributed by atoms with Gasteiger partial charge in [-0.15, -0.1) is 0 Å². The molecule has 0 atom stereocenters. The molecule has 1 aliphatic rings. The summed E-state index contributed by atoms with van der Waals surface area (Å²) in [4.78, 5) is 1.35. The summed E-state index contributed by atoms with van der Waals surface area (Å²) in [6.07, 6.45) is 0.413. The van der Waals surface area contributed by atoms with E-state index in [1.807, 2.05) is 0 Å². The molecule has 1 saturated heterocycles. The van der Waals surface area contributed by atoms with Crippen LogP contribution in [0, 0.1) is 0 Å². The molecule has 1 rings (SSSR count). The zero-order chi connectivity index (χ0) is 8.48. The fourth-order valence-electron chi connectivity index (χ4n) is 1.15. The number of nitrogens with zero attached hydrogens (tertiary/aromatic N) is 1. The highest BCUT2D eigenvalue weighted by atomic mass is 32.1. The van der Waals surface area contributed by atoms with E-state index >= 15 is 0 Å². The molecule has 11 heavy (non-hydrogen) atoms. The van der Waals surface area contributed by atoms with Crippen molar-refractivity contribution in [1.29, 1.82) is 0 Å². The third-order valence-electron chi connectivity index (χ3n) is 1.70. The highest BCUT2D eigenvalue weighted by molar-refractivity contribution is 7.80. The van der Waals surface area contributed by atoms with Crippen LogP contribution >= 0.6 is 12.2 Å². The van der Waals surface area contributed by atoms with Crippen molar-refractivity contribution in [3.63, 3.8) is 0 Å². The molecule has 5 heteroatoms. The number of likely N-dealkylation sites (tertiary alicyclic amines) is 1. The summed E-state index contributed by atoms with van der Waals surface area (Å²) in [7, 11) is 0. The molecule has 0 bridgehead atoms. The number of hydrogen-bond acceptors (Lipinski definition) is 1. The zero-order valence-electron chi connectivity index (χ0n) is 6.02. The lowest BCUT2D eigenvalue weighted by atomic mass is 10.1. The molecule has 1 heterocycles. The van der Waals surface area contributed by atoms with Gasteiger partial charge in [0.25, 0.3) is 5.92 Å². The molecular formula is C6H10F2N2S. The molecule has 1 aliphatic heterocycles. The SMILES string of the molecule is NC(=S)N1CCCC(F)(F)C1. The summed E-state index contributed by atoms with van der Waals surface area (Å²) < 4.78 is 25.3. The Morgan fingerprint density at radius 3 is 2.55 bits per heavy atom. The number of alkyl halides is 2. The van der Waals surface area contributed by atoms with Crippen molar-refractivity contribution in [3.05, 3.63) is 0 Å². The lowest BCUT2D eigenvalue weighted by Crippen LogP contribution is -2.47. The smallest absolute Gasteiger partial charge is 0.265 e. The Labute approximate surface area is 69.3 Å². The quantitative estimate of drug-likeness (QED) is 0.563. The zero-order valence-corrected chi connectivity index (χ0v) is 6.83. The molecule has 0 spiro atoms. The maximum absolute atomic E-state index is 12.7. The Kier molecular flexibility index (Phi) is 2.27. The van der Waals surface area contributed by atoms with Gasteiger partial charge in [0.05, 0.1) is 6.54 Å². The van der Waals surface area contributed by atoms with Crippen molar-refractivity contribution in [2.75, 3.05) is 13.1 Å². The number of halogens is 2. The van der Waals surface area contributed by atoms with Crippen LogP contribution < -0.4 is 5.73 Å². The first-order valence-electron chi connectivity index (χ1n) is 3.43. The normalized spacial score (nSPS) is 23.3. The first-order chi connectivity index (χ1) is 5.01. The molecule has 0 saturated carbocycles. The molecule has 1 fully saturated rings. The maximum atomic E-state index is 12.7. The third-order valence-corrected chi connectivity index (χ3v) is 1.96. The van der Waals surface area contributed by atoms with Gasteiger partial charge in [-0.3, -0.25) is 0 Å². The fraction of sp³-hybridized carbons (Fsp3) is 0.833. The molecule has 0 aliphatic carbocycles. The van der Waals surface area contributed by atoms with Crippen LogP contribution in [0.15, 0.2) is 0 Å². The second kappa shape index (κ2) is 2.89. The van der Waals surface area contributed by atoms with E-state index in [1.165, 1.54) is 4.90 Å². The second-order valence-corrected chi connectivity index (χ2v) is 3.14. The van der Waals surface area contributed by atoms with Crippen LogP contribution in [0.3, 0.4) is 0 Å². The Morgan fingerprint density at radius 1 is 1.55 bits per heavy atom. The minimum absolute atomic E-state index is 0.0495. The number of piperidine rings is 1. The highest BCUT2D eigenvalue weighted by Crippen LogP contribution is 2.25. The van der Waals surface area contributed by atoms with E-state index < -0.39 is 5.92 Å². The molecule has 0 aromatic rings. The number of nitrogens with two attached hydrogens (primary N) is 1. The Bertz CT molecular complexity index is 172. The van der Waals surface area contributed by atoms with Crippen molar-refractivity contribution >= 4 is 17.3 Å². The van der Waals surface area contributed by atoms with Gasteiger partial charge in [-0.1, -0.05) is 0 Å². The van der Waals surface area contributed by atoms with Crippen molar-refractivity contribution in [2.24, 2.45) is 5.73 Å². The largest absolute Gasteiger partial charge is 0.376 e. The van der Waals surface area contributed by atoms with Crippen molar-refractivity contribution in [1.82, 2.24) is 4.90 Å². The van der Waals surface area contributed by atoms with Crippen LogP contribution in [0.5, 0.6) is 0 Å². The molecular weight excluding hydrogens is 170 g/mol. The first kappa shape index (κ1) is 8.64. The van der Waals surface area contributed by atoms with Crippen LogP contribution in [-0.4, -0.2) is 29.0 Å². The van der Waals surface area contributed by atoms with E-state index in [4.69, 9.17) is 5.73 Å². The van der Waals surface area contributed by atoms with E-state index in [0.29, 0.717) is 13.0 Å². The third kappa shape index (κ3) is 2.25. The lowest BCUT2D eigenvalue weighted by molar-refractivity contribution is -0.0463. The summed E-state index contributed by atoms with van der Waals surface area (Å²) >= 11 is 4.59. The van der Waals surface area contributed by atoms with E-state index in [1.54, 1.807) is 0 Å². The van der Waals surface area contributed by atoms with E-state index in [0.717, 1.165) is 0 Å². The maximum Gasteiger partial charge on any atom is 0.265 e. The van der Waals surface area contributed by atoms with E-state index in [2.05, 4.69) is 12.2 Å². The van der Waals surface area contributed by atoms with Gasteiger partial charge >= 0.3 is 0 Å². The average molecular weight is 180 g/mol. The van der Waals surface area contributed by atoms with Crippen LogP contribution in [0.4, 0.5) is 8.78 Å². The van der Waals surface area contributed by atoms with Gasteiger partial charge in [0.1, 0.15) is 0 Å². The minimum atomic E-state index is -2.61. The first-order valence-corrected chi connectivity index (χ1v) is 3.84. The highest BCUT2D eigenvalue weighted by Gasteiger charge is 2.35.